The van der Waals surface area contributed by atoms with Crippen molar-refractivity contribution in [3.63, 3.8) is 0 Å². The van der Waals surface area contributed by atoms with Gasteiger partial charge in [-0.1, -0.05) is 23.7 Å². The van der Waals surface area contributed by atoms with Crippen LogP contribution in [0.15, 0.2) is 54.6 Å². The highest BCUT2D eigenvalue weighted by molar-refractivity contribution is 6.30. The van der Waals surface area contributed by atoms with Crippen molar-refractivity contribution in [2.24, 2.45) is 0 Å². The van der Waals surface area contributed by atoms with Crippen LogP contribution in [0.2, 0.25) is 5.15 Å². The molecule has 2 aromatic carbocycles. The number of fused-ring (bicyclic) bond motifs is 1. The lowest BCUT2D eigenvalue weighted by atomic mass is 10.1. The van der Waals surface area contributed by atoms with Crippen LogP contribution in [-0.4, -0.2) is 21.4 Å². The van der Waals surface area contributed by atoms with Crippen LogP contribution >= 0.6 is 11.6 Å². The summed E-state index contributed by atoms with van der Waals surface area (Å²) in [4.78, 5) is 23.5. The Hall–Kier alpha value is -3.99. The van der Waals surface area contributed by atoms with Crippen LogP contribution in [0.4, 0.5) is 32.0 Å². The second kappa shape index (κ2) is 8.66. The molecule has 180 valence electrons. The Kier molecular flexibility index (Phi) is 5.97. The summed E-state index contributed by atoms with van der Waals surface area (Å²) in [5, 5.41) is 11.1. The number of hydrogen-bond acceptors (Lipinski definition) is 2. The molecule has 2 heterocycles. The fourth-order valence-electron chi connectivity index (χ4n) is 3.49. The molecule has 2 N–H and O–H groups in total. The first-order valence-corrected chi connectivity index (χ1v) is 9.96. The average Bonchev–Trinajstić information content (AvgIpc) is 3.17. The molecule has 0 fully saturated rings. The van der Waals surface area contributed by atoms with E-state index in [-0.39, 0.29) is 39.2 Å². The number of benzene rings is 2. The first-order valence-electron chi connectivity index (χ1n) is 9.58. The smallest absolute Gasteiger partial charge is 0.418 e. The maximum Gasteiger partial charge on any atom is 0.418 e. The number of carbonyl (C=O) groups excluding carboxylic acids is 1. The van der Waals surface area contributed by atoms with Gasteiger partial charge in [-0.05, 0) is 42.0 Å². The summed E-state index contributed by atoms with van der Waals surface area (Å²) in [6, 6.07) is 8.26. The Labute approximate surface area is 197 Å². The topological polar surface area (TPSA) is 70.8 Å². The number of carbonyl (C=O) groups is 2. The number of amides is 1. The fourth-order valence-corrected chi connectivity index (χ4v) is 3.79. The van der Waals surface area contributed by atoms with Gasteiger partial charge in [-0.15, -0.1) is 0 Å². The first kappa shape index (κ1) is 24.1. The van der Waals surface area contributed by atoms with Crippen LogP contribution in [-0.2, 0) is 6.18 Å². The third kappa shape index (κ3) is 4.54. The SMILES string of the molecule is O=C(O)c1cc(Cl)n2c(-c3ccc(NC(=O)c4cc(F)c(F)cc4F)cc3)c(C(F)(F)F)cc2c1. The fraction of sp³-hybridized carbons (Fsp3) is 0.0435. The van der Waals surface area contributed by atoms with E-state index in [9.17, 15) is 35.9 Å². The number of nitrogens with one attached hydrogen (secondary N) is 1. The van der Waals surface area contributed by atoms with Gasteiger partial charge in [0.05, 0.1) is 22.4 Å². The number of anilines is 1. The van der Waals surface area contributed by atoms with Crippen molar-refractivity contribution in [3.8, 4) is 11.3 Å². The monoisotopic (exact) mass is 512 g/mol. The molecule has 12 heteroatoms. The molecule has 0 radical (unpaired) electrons. The lowest BCUT2D eigenvalue weighted by Gasteiger charge is -2.12. The van der Waals surface area contributed by atoms with E-state index in [4.69, 9.17) is 16.7 Å². The zero-order valence-corrected chi connectivity index (χ0v) is 17.8. The van der Waals surface area contributed by atoms with Gasteiger partial charge in [-0.3, -0.25) is 9.20 Å². The van der Waals surface area contributed by atoms with Crippen LogP contribution in [0.5, 0.6) is 0 Å². The van der Waals surface area contributed by atoms with Crippen molar-refractivity contribution < 1.29 is 41.0 Å². The average molecular weight is 513 g/mol. The summed E-state index contributed by atoms with van der Waals surface area (Å²) in [6.45, 7) is 0. The molecule has 4 rings (SSSR count). The summed E-state index contributed by atoms with van der Waals surface area (Å²) in [7, 11) is 0. The number of hydrogen-bond donors (Lipinski definition) is 2. The van der Waals surface area contributed by atoms with Crippen molar-refractivity contribution in [1.82, 2.24) is 4.40 Å². The second-order valence-corrected chi connectivity index (χ2v) is 7.70. The first-order chi connectivity index (χ1) is 16.4. The van der Waals surface area contributed by atoms with Crippen LogP contribution < -0.4 is 5.32 Å². The molecule has 0 atom stereocenters. The summed E-state index contributed by atoms with van der Waals surface area (Å²) in [6.07, 6.45) is -4.81. The molecular formula is C23H11ClF6N2O3. The van der Waals surface area contributed by atoms with E-state index in [1.165, 1.54) is 24.3 Å². The zero-order chi connectivity index (χ0) is 25.7. The van der Waals surface area contributed by atoms with Gasteiger partial charge in [0, 0.05) is 17.3 Å². The lowest BCUT2D eigenvalue weighted by Crippen LogP contribution is -2.14. The molecule has 0 bridgehead atoms. The molecule has 0 aliphatic carbocycles. The normalized spacial score (nSPS) is 11.6. The van der Waals surface area contributed by atoms with Gasteiger partial charge in [0.1, 0.15) is 11.0 Å². The summed E-state index contributed by atoms with van der Waals surface area (Å²) in [5.74, 6) is -6.69. The largest absolute Gasteiger partial charge is 0.478 e. The van der Waals surface area contributed by atoms with E-state index in [1.54, 1.807) is 0 Å². The third-order valence-corrected chi connectivity index (χ3v) is 5.32. The van der Waals surface area contributed by atoms with Crippen molar-refractivity contribution in [1.29, 1.82) is 0 Å². The predicted octanol–water partition coefficient (Wildman–Crippen LogP) is 6.65. The Balaban J connectivity index is 1.74. The number of carboxylic acids is 1. The quantitative estimate of drug-likeness (QED) is 0.183. The zero-order valence-electron chi connectivity index (χ0n) is 17.1. The number of aromatic nitrogens is 1. The number of alkyl halides is 3. The van der Waals surface area contributed by atoms with E-state index >= 15 is 0 Å². The van der Waals surface area contributed by atoms with Crippen LogP contribution in [0, 0.1) is 17.5 Å². The highest BCUT2D eigenvalue weighted by Gasteiger charge is 2.36. The Morgan fingerprint density at radius 2 is 1.51 bits per heavy atom. The van der Waals surface area contributed by atoms with Gasteiger partial charge in [0.25, 0.3) is 5.91 Å². The summed E-state index contributed by atoms with van der Waals surface area (Å²) >= 11 is 6.11. The summed E-state index contributed by atoms with van der Waals surface area (Å²) in [5.41, 5.74) is -2.60. The van der Waals surface area contributed by atoms with Crippen molar-refractivity contribution in [2.45, 2.75) is 6.18 Å². The number of halogens is 7. The number of aromatic carboxylic acids is 1. The Bertz CT molecular complexity index is 1500. The highest BCUT2D eigenvalue weighted by atomic mass is 35.5. The highest BCUT2D eigenvalue weighted by Crippen LogP contribution is 2.41. The van der Waals surface area contributed by atoms with Crippen LogP contribution in [0.3, 0.4) is 0 Å². The molecule has 4 aromatic rings. The number of carboxylic acid groups (broad SMARTS) is 1. The molecule has 5 nitrogen and oxygen atoms in total. The van der Waals surface area contributed by atoms with E-state index in [0.717, 1.165) is 22.6 Å². The molecule has 35 heavy (non-hydrogen) atoms. The standard InChI is InChI=1S/C23H11ClF6N2O3/c24-19-6-11(22(34)35)5-13-7-15(23(28,29)30)20(32(13)19)10-1-3-12(4-2-10)31-21(33)14-8-17(26)18(27)9-16(14)25/h1-9H,(H,31,33)(H,34,35). The van der Waals surface area contributed by atoms with Gasteiger partial charge < -0.3 is 10.4 Å². The Morgan fingerprint density at radius 3 is 2.11 bits per heavy atom. The molecule has 1 amide bonds. The van der Waals surface area contributed by atoms with Gasteiger partial charge in [-0.2, -0.15) is 13.2 Å². The number of pyridine rings is 1. The van der Waals surface area contributed by atoms with E-state index in [2.05, 4.69) is 5.32 Å². The molecule has 0 saturated heterocycles. The second-order valence-electron chi connectivity index (χ2n) is 7.31. The minimum atomic E-state index is -4.81. The third-order valence-electron chi connectivity index (χ3n) is 5.04. The van der Waals surface area contributed by atoms with Crippen LogP contribution in [0.1, 0.15) is 26.3 Å². The molecule has 0 aliphatic heterocycles. The minimum Gasteiger partial charge on any atom is -0.478 e. The van der Waals surface area contributed by atoms with Gasteiger partial charge >= 0.3 is 12.1 Å². The van der Waals surface area contributed by atoms with E-state index in [1.807, 2.05) is 0 Å². The Morgan fingerprint density at radius 1 is 0.886 bits per heavy atom. The predicted molar refractivity (Wildman–Crippen MR) is 114 cm³/mol. The maximum atomic E-state index is 13.8. The van der Waals surface area contributed by atoms with E-state index < -0.39 is 46.6 Å². The van der Waals surface area contributed by atoms with Crippen molar-refractivity contribution in [3.05, 3.63) is 93.9 Å². The number of nitrogens with zero attached hydrogens (tertiary/aromatic N) is 1. The van der Waals surface area contributed by atoms with Gasteiger partial charge in [-0.25, -0.2) is 18.0 Å². The van der Waals surface area contributed by atoms with Gasteiger partial charge in [0.15, 0.2) is 11.6 Å². The summed E-state index contributed by atoms with van der Waals surface area (Å²) < 4.78 is 82.6. The van der Waals surface area contributed by atoms with Crippen molar-refractivity contribution >= 4 is 34.7 Å². The van der Waals surface area contributed by atoms with Gasteiger partial charge in [0.2, 0.25) is 0 Å². The minimum absolute atomic E-state index is 0.0132. The maximum absolute atomic E-state index is 13.8. The molecule has 0 saturated carbocycles. The molecule has 2 aromatic heterocycles. The number of rotatable bonds is 4. The molecule has 0 aliphatic rings. The molecule has 0 unspecified atom stereocenters. The molecule has 0 spiro atoms. The molecular weight excluding hydrogens is 502 g/mol. The lowest BCUT2D eigenvalue weighted by molar-refractivity contribution is -0.137. The van der Waals surface area contributed by atoms with E-state index in [0.29, 0.717) is 6.07 Å². The van der Waals surface area contributed by atoms with Crippen LogP contribution in [0.25, 0.3) is 16.8 Å². The van der Waals surface area contributed by atoms with Crippen molar-refractivity contribution in [2.75, 3.05) is 5.32 Å².